The van der Waals surface area contributed by atoms with Crippen LogP contribution in [-0.2, 0) is 14.4 Å². The predicted molar refractivity (Wildman–Crippen MR) is 38.4 cm³/mol. The largest absolute Gasteiger partial charge is 0.368 e. The summed E-state index contributed by atoms with van der Waals surface area (Å²) in [5, 5.41) is 1.94. The Balaban J connectivity index is 2.89. The van der Waals surface area contributed by atoms with Crippen LogP contribution >= 0.6 is 0 Å². The Bertz CT molecular complexity index is 294. The number of nitrogens with two attached hydrogens (primary N) is 2. The molecular formula is C6H7N3O3. The molecule has 0 spiro atoms. The molecule has 1 rings (SSSR count). The zero-order valence-electron chi connectivity index (χ0n) is 6.03. The second-order valence-corrected chi connectivity index (χ2v) is 2.30. The first-order chi connectivity index (χ1) is 5.52. The fraction of sp³-hybridized carbons (Fsp3) is 0.167. The van der Waals surface area contributed by atoms with Crippen LogP contribution in [0.1, 0.15) is 0 Å². The lowest BCUT2D eigenvalue weighted by Crippen LogP contribution is -2.41. The lowest BCUT2D eigenvalue weighted by atomic mass is 10.1. The van der Waals surface area contributed by atoms with E-state index in [1.165, 1.54) is 0 Å². The maximum Gasteiger partial charge on any atom is 0.256 e. The van der Waals surface area contributed by atoms with Gasteiger partial charge in [-0.3, -0.25) is 19.7 Å². The number of rotatable bonds is 2. The van der Waals surface area contributed by atoms with Gasteiger partial charge in [-0.25, -0.2) is 0 Å². The summed E-state index contributed by atoms with van der Waals surface area (Å²) in [5.74, 6) is -2.08. The van der Waals surface area contributed by atoms with Crippen molar-refractivity contribution in [3.63, 3.8) is 0 Å². The summed E-state index contributed by atoms with van der Waals surface area (Å²) in [6.45, 7) is 0. The first-order valence-corrected chi connectivity index (χ1v) is 3.14. The number of amides is 3. The van der Waals surface area contributed by atoms with Gasteiger partial charge in [0.05, 0.1) is 0 Å². The Morgan fingerprint density at radius 1 is 1.50 bits per heavy atom. The highest BCUT2D eigenvalue weighted by Gasteiger charge is 2.28. The summed E-state index contributed by atoms with van der Waals surface area (Å²) in [4.78, 5) is 31.9. The maximum atomic E-state index is 10.8. The van der Waals surface area contributed by atoms with Crippen molar-refractivity contribution >= 4 is 17.7 Å². The third kappa shape index (κ3) is 1.32. The Morgan fingerprint density at radius 2 is 2.08 bits per heavy atom. The zero-order chi connectivity index (χ0) is 9.30. The van der Waals surface area contributed by atoms with E-state index in [0.717, 1.165) is 6.08 Å². The Morgan fingerprint density at radius 3 is 2.42 bits per heavy atom. The van der Waals surface area contributed by atoms with Crippen LogP contribution in [0.5, 0.6) is 0 Å². The number of primary amides is 1. The van der Waals surface area contributed by atoms with Crippen molar-refractivity contribution in [3.8, 4) is 0 Å². The molecule has 0 radical (unpaired) electrons. The first kappa shape index (κ1) is 8.41. The lowest BCUT2D eigenvalue weighted by Gasteiger charge is -2.04. The molecule has 0 aromatic heterocycles. The minimum absolute atomic E-state index is 0.0903. The van der Waals surface area contributed by atoms with Gasteiger partial charge in [0.25, 0.3) is 11.8 Å². The van der Waals surface area contributed by atoms with Crippen LogP contribution in [0.25, 0.3) is 0 Å². The quantitative estimate of drug-likeness (QED) is 0.392. The summed E-state index contributed by atoms with van der Waals surface area (Å²) in [5.41, 5.74) is 9.96. The van der Waals surface area contributed by atoms with Crippen molar-refractivity contribution in [1.82, 2.24) is 5.32 Å². The second kappa shape index (κ2) is 2.74. The third-order valence-electron chi connectivity index (χ3n) is 1.43. The van der Waals surface area contributed by atoms with E-state index in [1.807, 2.05) is 5.32 Å². The SMILES string of the molecule is NC(=O)C(N)C1=CC(=O)NC1=O. The first-order valence-electron chi connectivity index (χ1n) is 3.14. The molecule has 5 N–H and O–H groups in total. The molecule has 0 saturated heterocycles. The van der Waals surface area contributed by atoms with Gasteiger partial charge in [0.2, 0.25) is 5.91 Å². The summed E-state index contributed by atoms with van der Waals surface area (Å²) < 4.78 is 0. The molecule has 1 heterocycles. The van der Waals surface area contributed by atoms with Crippen molar-refractivity contribution in [3.05, 3.63) is 11.6 Å². The fourth-order valence-electron chi connectivity index (χ4n) is 0.811. The minimum Gasteiger partial charge on any atom is -0.368 e. The van der Waals surface area contributed by atoms with Crippen LogP contribution in [0, 0.1) is 0 Å². The van der Waals surface area contributed by atoms with Gasteiger partial charge in [0.15, 0.2) is 0 Å². The molecule has 1 unspecified atom stereocenters. The second-order valence-electron chi connectivity index (χ2n) is 2.30. The number of hydrogen-bond donors (Lipinski definition) is 3. The standard InChI is InChI=1S/C6H7N3O3/c7-4(5(8)11)2-1-3(10)9-6(2)12/h1,4H,7H2,(H2,8,11)(H,9,10,12). The van der Waals surface area contributed by atoms with E-state index in [4.69, 9.17) is 11.5 Å². The van der Waals surface area contributed by atoms with Gasteiger partial charge in [0.1, 0.15) is 6.04 Å². The van der Waals surface area contributed by atoms with Crippen molar-refractivity contribution in [2.75, 3.05) is 0 Å². The van der Waals surface area contributed by atoms with E-state index in [-0.39, 0.29) is 5.57 Å². The Kier molecular flexibility index (Phi) is 1.92. The minimum atomic E-state index is -1.21. The van der Waals surface area contributed by atoms with Gasteiger partial charge in [-0.15, -0.1) is 0 Å². The molecule has 3 amide bonds. The molecule has 0 aliphatic carbocycles. The van der Waals surface area contributed by atoms with Gasteiger partial charge in [-0.1, -0.05) is 0 Å². The van der Waals surface area contributed by atoms with Crippen LogP contribution < -0.4 is 16.8 Å². The normalized spacial score (nSPS) is 18.6. The van der Waals surface area contributed by atoms with E-state index in [1.54, 1.807) is 0 Å². The number of hydrogen-bond acceptors (Lipinski definition) is 4. The van der Waals surface area contributed by atoms with E-state index in [0.29, 0.717) is 0 Å². The molecule has 1 atom stereocenters. The van der Waals surface area contributed by atoms with E-state index < -0.39 is 23.8 Å². The molecule has 0 aromatic carbocycles. The summed E-state index contributed by atoms with van der Waals surface area (Å²) in [6.07, 6.45) is 0.970. The molecule has 0 aromatic rings. The van der Waals surface area contributed by atoms with Crippen molar-refractivity contribution in [2.24, 2.45) is 11.5 Å². The van der Waals surface area contributed by atoms with Crippen LogP contribution in [0.3, 0.4) is 0 Å². The van der Waals surface area contributed by atoms with Crippen LogP contribution in [0.4, 0.5) is 0 Å². The topological polar surface area (TPSA) is 115 Å². The Labute approximate surface area is 67.6 Å². The van der Waals surface area contributed by atoms with Gasteiger partial charge in [0, 0.05) is 11.6 Å². The van der Waals surface area contributed by atoms with E-state index in [9.17, 15) is 14.4 Å². The fourth-order valence-corrected chi connectivity index (χ4v) is 0.811. The van der Waals surface area contributed by atoms with Crippen LogP contribution in [-0.4, -0.2) is 23.8 Å². The monoisotopic (exact) mass is 169 g/mol. The zero-order valence-corrected chi connectivity index (χ0v) is 6.03. The van der Waals surface area contributed by atoms with E-state index in [2.05, 4.69) is 0 Å². The number of nitrogens with one attached hydrogen (secondary N) is 1. The predicted octanol–water partition coefficient (Wildman–Crippen LogP) is -2.62. The van der Waals surface area contributed by atoms with Crippen molar-refractivity contribution < 1.29 is 14.4 Å². The molecule has 6 heteroatoms. The average molecular weight is 169 g/mol. The van der Waals surface area contributed by atoms with Gasteiger partial charge < -0.3 is 11.5 Å². The molecule has 0 saturated carbocycles. The van der Waals surface area contributed by atoms with Crippen LogP contribution in [0.15, 0.2) is 11.6 Å². The number of imide groups is 1. The highest BCUT2D eigenvalue weighted by molar-refractivity contribution is 6.19. The highest BCUT2D eigenvalue weighted by Crippen LogP contribution is 2.05. The molecule has 0 bridgehead atoms. The molecular weight excluding hydrogens is 162 g/mol. The summed E-state index contributed by atoms with van der Waals surface area (Å²) >= 11 is 0. The Hall–Kier alpha value is -1.69. The number of carbonyl (C=O) groups is 3. The van der Waals surface area contributed by atoms with Crippen molar-refractivity contribution in [1.29, 1.82) is 0 Å². The third-order valence-corrected chi connectivity index (χ3v) is 1.43. The van der Waals surface area contributed by atoms with Crippen molar-refractivity contribution in [2.45, 2.75) is 6.04 Å². The van der Waals surface area contributed by atoms with Crippen LogP contribution in [0.2, 0.25) is 0 Å². The maximum absolute atomic E-state index is 10.8. The lowest BCUT2D eigenvalue weighted by molar-refractivity contribution is -0.125. The van der Waals surface area contributed by atoms with E-state index >= 15 is 0 Å². The summed E-state index contributed by atoms with van der Waals surface area (Å²) in [7, 11) is 0. The van der Waals surface area contributed by atoms with Gasteiger partial charge in [-0.05, 0) is 0 Å². The molecule has 12 heavy (non-hydrogen) atoms. The summed E-state index contributed by atoms with van der Waals surface area (Å²) in [6, 6.07) is -1.21. The number of carbonyl (C=O) groups excluding carboxylic acids is 3. The average Bonchev–Trinajstić information content (AvgIpc) is 2.28. The molecule has 0 fully saturated rings. The highest BCUT2D eigenvalue weighted by atomic mass is 16.2. The molecule has 1 aliphatic rings. The van der Waals surface area contributed by atoms with Gasteiger partial charge >= 0.3 is 0 Å². The molecule has 64 valence electrons. The van der Waals surface area contributed by atoms with Gasteiger partial charge in [-0.2, -0.15) is 0 Å². The molecule has 6 nitrogen and oxygen atoms in total. The molecule has 1 aliphatic heterocycles. The smallest absolute Gasteiger partial charge is 0.256 e.